The lowest BCUT2D eigenvalue weighted by molar-refractivity contribution is 0.131. The zero-order valence-electron chi connectivity index (χ0n) is 11.7. The highest BCUT2D eigenvalue weighted by Crippen LogP contribution is 2.15. The molecule has 5 nitrogen and oxygen atoms in total. The monoisotopic (exact) mass is 341 g/mol. The Morgan fingerprint density at radius 1 is 1.50 bits per heavy atom. The van der Waals surface area contributed by atoms with E-state index in [9.17, 15) is 4.79 Å². The van der Waals surface area contributed by atoms with Crippen LogP contribution in [0.25, 0.3) is 0 Å². The molecule has 0 atom stereocenters. The number of aromatic nitrogens is 2. The molecular weight excluding hydrogens is 322 g/mol. The summed E-state index contributed by atoms with van der Waals surface area (Å²) in [4.78, 5) is 11.9. The highest BCUT2D eigenvalue weighted by Gasteiger charge is 2.07. The third kappa shape index (κ3) is 5.35. The summed E-state index contributed by atoms with van der Waals surface area (Å²) in [6.07, 6.45) is 9.88. The lowest BCUT2D eigenvalue weighted by atomic mass is 10.3. The molecule has 20 heavy (non-hydrogen) atoms. The fourth-order valence-electron chi connectivity index (χ4n) is 1.53. The van der Waals surface area contributed by atoms with Gasteiger partial charge >= 0.3 is 0 Å². The summed E-state index contributed by atoms with van der Waals surface area (Å²) in [5.74, 6) is 2.39. The van der Waals surface area contributed by atoms with Gasteiger partial charge < -0.3 is 10.1 Å². The van der Waals surface area contributed by atoms with Gasteiger partial charge in [0.2, 0.25) is 0 Å². The van der Waals surface area contributed by atoms with Gasteiger partial charge in [-0.05, 0) is 28.8 Å². The van der Waals surface area contributed by atoms with E-state index in [2.05, 4.69) is 39.2 Å². The van der Waals surface area contributed by atoms with E-state index in [0.717, 1.165) is 32.4 Å². The molecule has 0 radical (unpaired) electrons. The number of ether oxygens (including phenoxy) is 1. The maximum Gasteiger partial charge on any atom is 0.284 e. The molecule has 1 rings (SSSR count). The summed E-state index contributed by atoms with van der Waals surface area (Å²) in [5.41, 5.74) is 0.448. The number of hydrogen-bond acceptors (Lipinski definition) is 4. The van der Waals surface area contributed by atoms with Gasteiger partial charge in [-0.3, -0.25) is 4.79 Å². The van der Waals surface area contributed by atoms with Crippen molar-refractivity contribution < 1.29 is 4.74 Å². The number of nitrogens with zero attached hydrogens (tertiary/aromatic N) is 2. The third-order valence-electron chi connectivity index (χ3n) is 2.65. The topological polar surface area (TPSA) is 56.1 Å². The van der Waals surface area contributed by atoms with Gasteiger partial charge in [0.25, 0.3) is 5.56 Å². The Hall–Kier alpha value is -1.32. The Kier molecular flexibility index (Phi) is 8.00. The SMILES string of the molecule is C#CCn1ncc(NCCCOCCCC)c(Br)c1=O. The third-order valence-corrected chi connectivity index (χ3v) is 3.42. The number of rotatable bonds is 9. The highest BCUT2D eigenvalue weighted by atomic mass is 79.9. The second-order valence-corrected chi connectivity index (χ2v) is 5.08. The van der Waals surface area contributed by atoms with E-state index in [-0.39, 0.29) is 12.1 Å². The Bertz CT molecular complexity index is 508. The van der Waals surface area contributed by atoms with Gasteiger partial charge in [0, 0.05) is 19.8 Å². The molecule has 0 aliphatic heterocycles. The zero-order valence-corrected chi connectivity index (χ0v) is 13.3. The molecule has 6 heteroatoms. The average Bonchev–Trinajstić information content (AvgIpc) is 2.45. The summed E-state index contributed by atoms with van der Waals surface area (Å²) in [6, 6.07) is 0. The van der Waals surface area contributed by atoms with Crippen LogP contribution >= 0.6 is 15.9 Å². The molecule has 0 unspecified atom stereocenters. The molecule has 110 valence electrons. The van der Waals surface area contributed by atoms with Crippen molar-refractivity contribution in [1.29, 1.82) is 0 Å². The van der Waals surface area contributed by atoms with Gasteiger partial charge in [-0.1, -0.05) is 19.3 Å². The molecule has 0 aliphatic carbocycles. The first-order valence-corrected chi connectivity index (χ1v) is 7.50. The van der Waals surface area contributed by atoms with Gasteiger partial charge in [0.1, 0.15) is 11.0 Å². The summed E-state index contributed by atoms with van der Waals surface area (Å²) < 4.78 is 7.15. The standard InChI is InChI=1S/C14H20BrN3O2/c1-3-5-9-20-10-6-7-16-12-11-17-18(8-4-2)14(19)13(12)15/h2,11,16H,3,5-10H2,1H3. The quantitative estimate of drug-likeness (QED) is 0.553. The molecular formula is C14H20BrN3O2. The molecule has 0 aliphatic rings. The largest absolute Gasteiger partial charge is 0.383 e. The van der Waals surface area contributed by atoms with Crippen LogP contribution in [0.3, 0.4) is 0 Å². The van der Waals surface area contributed by atoms with Gasteiger partial charge in [-0.2, -0.15) is 5.10 Å². The normalized spacial score (nSPS) is 10.2. The Balaban J connectivity index is 2.40. The lowest BCUT2D eigenvalue weighted by Gasteiger charge is -2.09. The first-order valence-electron chi connectivity index (χ1n) is 6.71. The van der Waals surface area contributed by atoms with Crippen LogP contribution in [0, 0.1) is 12.3 Å². The van der Waals surface area contributed by atoms with E-state index in [4.69, 9.17) is 11.2 Å². The molecule has 0 fully saturated rings. The van der Waals surface area contributed by atoms with Crippen molar-refractivity contribution in [2.24, 2.45) is 0 Å². The number of halogens is 1. The second-order valence-electron chi connectivity index (χ2n) is 4.29. The van der Waals surface area contributed by atoms with E-state index in [0.29, 0.717) is 16.8 Å². The average molecular weight is 342 g/mol. The number of hydrogen-bond donors (Lipinski definition) is 1. The van der Waals surface area contributed by atoms with E-state index in [1.54, 1.807) is 6.20 Å². The Morgan fingerprint density at radius 3 is 2.95 bits per heavy atom. The van der Waals surface area contributed by atoms with Crippen molar-refractivity contribution >= 4 is 21.6 Å². The van der Waals surface area contributed by atoms with Crippen LogP contribution in [0.15, 0.2) is 15.5 Å². The van der Waals surface area contributed by atoms with Gasteiger partial charge in [-0.25, -0.2) is 4.68 Å². The van der Waals surface area contributed by atoms with Crippen LogP contribution in [-0.4, -0.2) is 29.5 Å². The highest BCUT2D eigenvalue weighted by molar-refractivity contribution is 9.10. The first kappa shape index (κ1) is 16.7. The minimum atomic E-state index is -0.229. The van der Waals surface area contributed by atoms with Crippen molar-refractivity contribution in [3.63, 3.8) is 0 Å². The summed E-state index contributed by atoms with van der Waals surface area (Å²) >= 11 is 3.27. The van der Waals surface area contributed by atoms with Crippen molar-refractivity contribution in [3.8, 4) is 12.3 Å². The first-order chi connectivity index (χ1) is 9.70. The number of terminal acetylenes is 1. The molecule has 1 aromatic heterocycles. The summed E-state index contributed by atoms with van der Waals surface area (Å²) in [5, 5.41) is 7.17. The molecule has 0 amide bonds. The van der Waals surface area contributed by atoms with Crippen LogP contribution in [-0.2, 0) is 11.3 Å². The molecule has 0 aromatic carbocycles. The van der Waals surface area contributed by atoms with Crippen LogP contribution in [0.2, 0.25) is 0 Å². The number of anilines is 1. The molecule has 1 heterocycles. The fraction of sp³-hybridized carbons (Fsp3) is 0.571. The second kappa shape index (κ2) is 9.56. The number of nitrogens with one attached hydrogen (secondary N) is 1. The van der Waals surface area contributed by atoms with Crippen LogP contribution < -0.4 is 10.9 Å². The zero-order chi connectivity index (χ0) is 14.8. The molecule has 0 spiro atoms. The molecule has 1 aromatic rings. The molecule has 0 saturated carbocycles. The van der Waals surface area contributed by atoms with Crippen LogP contribution in [0.4, 0.5) is 5.69 Å². The predicted octanol–water partition coefficient (Wildman–Crippen LogP) is 2.26. The van der Waals surface area contributed by atoms with Crippen molar-refractivity contribution in [1.82, 2.24) is 9.78 Å². The van der Waals surface area contributed by atoms with Gasteiger partial charge in [0.15, 0.2) is 0 Å². The van der Waals surface area contributed by atoms with Gasteiger partial charge in [0.05, 0.1) is 11.9 Å². The van der Waals surface area contributed by atoms with Crippen molar-refractivity contribution in [2.45, 2.75) is 32.7 Å². The van der Waals surface area contributed by atoms with E-state index in [1.165, 1.54) is 4.68 Å². The Morgan fingerprint density at radius 2 is 2.25 bits per heavy atom. The molecule has 0 bridgehead atoms. The van der Waals surface area contributed by atoms with E-state index in [1.807, 2.05) is 0 Å². The van der Waals surface area contributed by atoms with E-state index < -0.39 is 0 Å². The predicted molar refractivity (Wildman–Crippen MR) is 83.9 cm³/mol. The van der Waals surface area contributed by atoms with Crippen molar-refractivity contribution in [2.75, 3.05) is 25.1 Å². The smallest absolute Gasteiger partial charge is 0.284 e. The van der Waals surface area contributed by atoms with Gasteiger partial charge in [-0.15, -0.1) is 6.42 Å². The minimum absolute atomic E-state index is 0.170. The number of unbranched alkanes of at least 4 members (excludes halogenated alkanes) is 1. The molecule has 1 N–H and O–H groups in total. The Labute approximate surface area is 127 Å². The summed E-state index contributed by atoms with van der Waals surface area (Å²) in [7, 11) is 0. The summed E-state index contributed by atoms with van der Waals surface area (Å²) in [6.45, 7) is 4.56. The van der Waals surface area contributed by atoms with Crippen LogP contribution in [0.5, 0.6) is 0 Å². The maximum atomic E-state index is 11.9. The van der Waals surface area contributed by atoms with E-state index >= 15 is 0 Å². The lowest BCUT2D eigenvalue weighted by Crippen LogP contribution is -2.24. The van der Waals surface area contributed by atoms with Crippen molar-refractivity contribution in [3.05, 3.63) is 21.0 Å². The molecule has 0 saturated heterocycles. The fourth-order valence-corrected chi connectivity index (χ4v) is 1.98. The maximum absolute atomic E-state index is 11.9. The minimum Gasteiger partial charge on any atom is -0.383 e. The van der Waals surface area contributed by atoms with Crippen LogP contribution in [0.1, 0.15) is 26.2 Å².